The second-order valence-electron chi connectivity index (χ2n) is 3.83. The Balaban J connectivity index is 2.61. The zero-order valence-corrected chi connectivity index (χ0v) is 8.45. The molecule has 0 unspecified atom stereocenters. The van der Waals surface area contributed by atoms with E-state index in [1.807, 2.05) is 38.1 Å². The van der Waals surface area contributed by atoms with Gasteiger partial charge in [-0.25, -0.2) is 0 Å². The first-order chi connectivity index (χ1) is 6.70. The standard InChI is InChI=1S/C12H13NO/c1-8(2)12(14)10-7-13-11-6-4-3-5-9(10)11/h3-6,8H,7H2,1-2H3. The summed E-state index contributed by atoms with van der Waals surface area (Å²) in [6.45, 7) is 4.41. The van der Waals surface area contributed by atoms with E-state index in [1.165, 1.54) is 0 Å². The van der Waals surface area contributed by atoms with Gasteiger partial charge in [0, 0.05) is 16.7 Å². The molecule has 0 atom stereocenters. The number of hydrogen-bond acceptors (Lipinski definition) is 2. The molecule has 0 spiro atoms. The van der Waals surface area contributed by atoms with Crippen LogP contribution in [-0.2, 0) is 4.79 Å². The molecule has 1 aromatic rings. The summed E-state index contributed by atoms with van der Waals surface area (Å²) < 4.78 is 0. The molecule has 0 bridgehead atoms. The van der Waals surface area contributed by atoms with Gasteiger partial charge in [-0.05, 0) is 6.07 Å². The fraction of sp³-hybridized carbons (Fsp3) is 0.333. The highest BCUT2D eigenvalue weighted by Crippen LogP contribution is 2.07. The fourth-order valence-electron chi connectivity index (χ4n) is 1.68. The number of para-hydroxylation sites is 1. The van der Waals surface area contributed by atoms with Crippen LogP contribution in [0.25, 0.3) is 5.57 Å². The smallest absolute Gasteiger partial charge is 0.163 e. The van der Waals surface area contributed by atoms with E-state index in [4.69, 9.17) is 0 Å². The van der Waals surface area contributed by atoms with Gasteiger partial charge in [0.2, 0.25) is 0 Å². The van der Waals surface area contributed by atoms with Gasteiger partial charge in [-0.1, -0.05) is 32.0 Å². The Kier molecular flexibility index (Phi) is 2.20. The minimum atomic E-state index is 0.0614. The zero-order chi connectivity index (χ0) is 10.1. The predicted molar refractivity (Wildman–Crippen MR) is 55.3 cm³/mol. The van der Waals surface area contributed by atoms with Crippen molar-refractivity contribution in [2.75, 3.05) is 6.54 Å². The highest BCUT2D eigenvalue weighted by atomic mass is 16.1. The van der Waals surface area contributed by atoms with E-state index in [0.29, 0.717) is 6.54 Å². The molecule has 0 N–H and O–H groups in total. The summed E-state index contributed by atoms with van der Waals surface area (Å²) in [7, 11) is 0. The van der Waals surface area contributed by atoms with Crippen molar-refractivity contribution in [1.29, 1.82) is 0 Å². The maximum Gasteiger partial charge on any atom is 0.163 e. The largest absolute Gasteiger partial charge is 0.294 e. The Morgan fingerprint density at radius 3 is 2.79 bits per heavy atom. The van der Waals surface area contributed by atoms with E-state index in [2.05, 4.69) is 4.99 Å². The highest BCUT2D eigenvalue weighted by Gasteiger charge is 2.16. The van der Waals surface area contributed by atoms with Crippen molar-refractivity contribution < 1.29 is 4.79 Å². The minimum Gasteiger partial charge on any atom is -0.294 e. The number of rotatable bonds is 2. The molecule has 0 aromatic heterocycles. The third kappa shape index (κ3) is 1.37. The van der Waals surface area contributed by atoms with Gasteiger partial charge in [0.25, 0.3) is 0 Å². The predicted octanol–water partition coefficient (Wildman–Crippen LogP) is 0.696. The van der Waals surface area contributed by atoms with Crippen molar-refractivity contribution in [3.63, 3.8) is 0 Å². The summed E-state index contributed by atoms with van der Waals surface area (Å²) in [4.78, 5) is 16.1. The lowest BCUT2D eigenvalue weighted by atomic mass is 10.00. The molecule has 0 saturated carbocycles. The molecule has 2 rings (SSSR count). The lowest BCUT2D eigenvalue weighted by Crippen LogP contribution is -2.25. The van der Waals surface area contributed by atoms with Crippen molar-refractivity contribution in [2.24, 2.45) is 10.9 Å². The summed E-state index contributed by atoms with van der Waals surface area (Å²) in [5.74, 6) is 0.282. The van der Waals surface area contributed by atoms with Crippen LogP contribution in [0.5, 0.6) is 0 Å². The Hall–Kier alpha value is -1.44. The highest BCUT2D eigenvalue weighted by molar-refractivity contribution is 6.16. The first kappa shape index (κ1) is 9.13. The maximum absolute atomic E-state index is 11.8. The number of fused-ring (bicyclic) bond motifs is 1. The lowest BCUT2D eigenvalue weighted by Gasteiger charge is -2.03. The van der Waals surface area contributed by atoms with Gasteiger partial charge < -0.3 is 0 Å². The van der Waals surface area contributed by atoms with Crippen LogP contribution in [0, 0.1) is 5.92 Å². The number of nitrogens with zero attached hydrogens (tertiary/aromatic N) is 1. The number of carbonyl (C=O) groups excluding carboxylic acids is 1. The van der Waals surface area contributed by atoms with Gasteiger partial charge in [0.1, 0.15) is 0 Å². The van der Waals surface area contributed by atoms with Gasteiger partial charge in [-0.2, -0.15) is 0 Å². The average Bonchev–Trinajstić information content (AvgIpc) is 2.60. The van der Waals surface area contributed by atoms with Gasteiger partial charge in [-0.15, -0.1) is 0 Å². The van der Waals surface area contributed by atoms with Crippen LogP contribution in [0.3, 0.4) is 0 Å². The minimum absolute atomic E-state index is 0.0614. The lowest BCUT2D eigenvalue weighted by molar-refractivity contribution is -0.116. The Bertz CT molecular complexity index is 485. The molecule has 2 nitrogen and oxygen atoms in total. The Labute approximate surface area is 83.0 Å². The monoisotopic (exact) mass is 187 g/mol. The molecule has 0 amide bonds. The number of benzene rings is 1. The summed E-state index contributed by atoms with van der Waals surface area (Å²) >= 11 is 0. The molecule has 0 aliphatic carbocycles. The van der Waals surface area contributed by atoms with Crippen molar-refractivity contribution in [3.8, 4) is 0 Å². The molecule has 1 aromatic carbocycles. The number of ketones is 1. The van der Waals surface area contributed by atoms with Crippen LogP contribution in [0.2, 0.25) is 0 Å². The van der Waals surface area contributed by atoms with E-state index >= 15 is 0 Å². The Morgan fingerprint density at radius 2 is 2.07 bits per heavy atom. The molecule has 14 heavy (non-hydrogen) atoms. The second kappa shape index (κ2) is 3.37. The molecule has 1 aliphatic heterocycles. The first-order valence-electron chi connectivity index (χ1n) is 4.87. The van der Waals surface area contributed by atoms with Crippen LogP contribution in [0.15, 0.2) is 29.3 Å². The normalized spacial score (nSPS) is 14.1. The number of carbonyl (C=O) groups is 1. The van der Waals surface area contributed by atoms with E-state index in [-0.39, 0.29) is 11.7 Å². The second-order valence-corrected chi connectivity index (χ2v) is 3.83. The summed E-state index contributed by atoms with van der Waals surface area (Å²) in [6, 6.07) is 7.83. The molecule has 0 radical (unpaired) electrons. The van der Waals surface area contributed by atoms with Crippen molar-refractivity contribution in [2.45, 2.75) is 13.8 Å². The molecular weight excluding hydrogens is 174 g/mol. The van der Waals surface area contributed by atoms with Crippen molar-refractivity contribution in [1.82, 2.24) is 0 Å². The van der Waals surface area contributed by atoms with E-state index in [0.717, 1.165) is 16.1 Å². The van der Waals surface area contributed by atoms with Crippen molar-refractivity contribution in [3.05, 3.63) is 34.8 Å². The Morgan fingerprint density at radius 1 is 1.36 bits per heavy atom. The summed E-state index contributed by atoms with van der Waals surface area (Å²) in [6.07, 6.45) is 0. The molecule has 2 heteroatoms. The third-order valence-electron chi connectivity index (χ3n) is 2.46. The molecule has 1 heterocycles. The average molecular weight is 187 g/mol. The van der Waals surface area contributed by atoms with Crippen LogP contribution in [0.4, 0.5) is 0 Å². The van der Waals surface area contributed by atoms with E-state index in [9.17, 15) is 4.79 Å². The zero-order valence-electron chi connectivity index (χ0n) is 8.45. The molecular formula is C12H13NO. The van der Waals surface area contributed by atoms with Crippen LogP contribution in [0.1, 0.15) is 13.8 Å². The summed E-state index contributed by atoms with van der Waals surface area (Å²) in [5.41, 5.74) is 0.871. The number of Topliss-reactive ketones (excluding diaryl/α,β-unsaturated/α-hetero) is 1. The van der Waals surface area contributed by atoms with Gasteiger partial charge in [0.15, 0.2) is 5.78 Å². The SMILES string of the molecule is CC(C)C(=O)C1=c2ccccc2=NC1. The molecule has 72 valence electrons. The quantitative estimate of drug-likeness (QED) is 0.670. The van der Waals surface area contributed by atoms with E-state index < -0.39 is 0 Å². The van der Waals surface area contributed by atoms with E-state index in [1.54, 1.807) is 0 Å². The number of hydrogen-bond donors (Lipinski definition) is 0. The third-order valence-corrected chi connectivity index (χ3v) is 2.46. The fourth-order valence-corrected chi connectivity index (χ4v) is 1.68. The molecule has 0 fully saturated rings. The molecule has 0 saturated heterocycles. The molecule has 1 aliphatic rings. The van der Waals surface area contributed by atoms with Crippen LogP contribution >= 0.6 is 0 Å². The van der Waals surface area contributed by atoms with Gasteiger partial charge in [0.05, 0.1) is 11.9 Å². The van der Waals surface area contributed by atoms with Crippen LogP contribution in [-0.4, -0.2) is 12.3 Å². The van der Waals surface area contributed by atoms with Crippen LogP contribution < -0.4 is 10.6 Å². The topological polar surface area (TPSA) is 29.4 Å². The maximum atomic E-state index is 11.8. The van der Waals surface area contributed by atoms with Gasteiger partial charge >= 0.3 is 0 Å². The van der Waals surface area contributed by atoms with Crippen molar-refractivity contribution >= 4 is 11.4 Å². The summed E-state index contributed by atoms with van der Waals surface area (Å²) in [5, 5.41) is 1.97. The van der Waals surface area contributed by atoms with Gasteiger partial charge in [-0.3, -0.25) is 9.79 Å². The first-order valence-corrected chi connectivity index (χ1v) is 4.87.